The van der Waals surface area contributed by atoms with Gasteiger partial charge in [0.2, 0.25) is 0 Å². The summed E-state index contributed by atoms with van der Waals surface area (Å²) in [7, 11) is -2.87. The van der Waals surface area contributed by atoms with Gasteiger partial charge < -0.3 is 11.5 Å². The minimum absolute atomic E-state index is 0.104. The van der Waals surface area contributed by atoms with Gasteiger partial charge in [0.25, 0.3) is 0 Å². The van der Waals surface area contributed by atoms with Crippen molar-refractivity contribution >= 4 is 8.25 Å². The van der Waals surface area contributed by atoms with Crippen LogP contribution in [0, 0.1) is 0 Å². The van der Waals surface area contributed by atoms with E-state index in [4.69, 9.17) is 25.8 Å². The molecule has 2 unspecified atom stereocenters. The molecule has 14 heavy (non-hydrogen) atoms. The lowest BCUT2D eigenvalue weighted by Gasteiger charge is -2.10. The molecule has 0 bridgehead atoms. The summed E-state index contributed by atoms with van der Waals surface area (Å²) in [6, 6.07) is -0.351. The highest BCUT2D eigenvalue weighted by molar-refractivity contribution is 7.30. The molecular formula is C5H13N5O3P+. The van der Waals surface area contributed by atoms with Crippen molar-refractivity contribution < 1.29 is 14.4 Å². The molecule has 0 aliphatic carbocycles. The molecule has 0 fully saturated rings. The molecule has 0 spiro atoms. The fraction of sp³-hybridized carbons (Fsp3) is 0.600. The Kier molecular flexibility index (Phi) is 6.09. The van der Waals surface area contributed by atoms with Crippen molar-refractivity contribution in [2.75, 3.05) is 0 Å². The Morgan fingerprint density at radius 1 is 1.57 bits per heavy atom. The van der Waals surface area contributed by atoms with Gasteiger partial charge in [0.1, 0.15) is 12.2 Å². The number of rotatable bonds is 2. The van der Waals surface area contributed by atoms with Gasteiger partial charge in [-0.15, -0.1) is 9.79 Å². The first kappa shape index (κ1) is 13.1. The summed E-state index contributed by atoms with van der Waals surface area (Å²) in [5.41, 5.74) is 11.1. The van der Waals surface area contributed by atoms with Gasteiger partial charge in [-0.2, -0.15) is 5.10 Å². The van der Waals surface area contributed by atoms with Gasteiger partial charge in [-0.05, 0) is 6.92 Å². The van der Waals surface area contributed by atoms with E-state index in [0.29, 0.717) is 5.82 Å². The third-order valence-electron chi connectivity index (χ3n) is 1.32. The number of hydrogen-bond acceptors (Lipinski definition) is 5. The van der Waals surface area contributed by atoms with Crippen LogP contribution in [0.4, 0.5) is 0 Å². The Balaban J connectivity index is 0.000000364. The first-order valence-electron chi connectivity index (χ1n) is 3.66. The van der Waals surface area contributed by atoms with Crippen LogP contribution in [0.15, 0.2) is 6.33 Å². The fourth-order valence-corrected chi connectivity index (χ4v) is 0.625. The molecule has 2 atom stereocenters. The average Bonchev–Trinajstić information content (AvgIpc) is 2.53. The lowest BCUT2D eigenvalue weighted by molar-refractivity contribution is 0.405. The summed E-state index contributed by atoms with van der Waals surface area (Å²) in [6.45, 7) is 1.83. The summed E-state index contributed by atoms with van der Waals surface area (Å²) in [5, 5.41) is 6.31. The molecule has 9 heteroatoms. The van der Waals surface area contributed by atoms with E-state index in [9.17, 15) is 0 Å². The van der Waals surface area contributed by atoms with E-state index in [0.717, 1.165) is 0 Å². The summed E-state index contributed by atoms with van der Waals surface area (Å²) in [6.07, 6.45) is 1.41. The van der Waals surface area contributed by atoms with Crippen LogP contribution >= 0.6 is 8.25 Å². The van der Waals surface area contributed by atoms with Gasteiger partial charge in [0.15, 0.2) is 0 Å². The SMILES string of the molecule is CC(N)C(N)c1ncn[nH]1.O=[P+](O)O. The molecule has 0 aliphatic rings. The zero-order valence-corrected chi connectivity index (χ0v) is 8.43. The van der Waals surface area contributed by atoms with Crippen LogP contribution in [0.5, 0.6) is 0 Å². The Hall–Kier alpha value is -0.920. The molecule has 0 amide bonds. The van der Waals surface area contributed by atoms with E-state index in [2.05, 4.69) is 15.2 Å². The second-order valence-electron chi connectivity index (χ2n) is 2.51. The molecule has 0 aromatic carbocycles. The van der Waals surface area contributed by atoms with E-state index in [1.54, 1.807) is 0 Å². The van der Waals surface area contributed by atoms with Crippen molar-refractivity contribution in [3.63, 3.8) is 0 Å². The highest BCUT2D eigenvalue weighted by Gasteiger charge is 2.12. The topological polar surface area (TPSA) is 151 Å². The fourth-order valence-electron chi connectivity index (χ4n) is 0.625. The van der Waals surface area contributed by atoms with Crippen molar-refractivity contribution in [2.45, 2.75) is 19.0 Å². The molecular weight excluding hydrogens is 209 g/mol. The van der Waals surface area contributed by atoms with Crippen LogP contribution in [0.2, 0.25) is 0 Å². The maximum atomic E-state index is 8.70. The van der Waals surface area contributed by atoms with Crippen LogP contribution in [0.25, 0.3) is 0 Å². The highest BCUT2D eigenvalue weighted by atomic mass is 31.1. The molecule has 7 N–H and O–H groups in total. The first-order chi connectivity index (χ1) is 6.45. The molecule has 8 nitrogen and oxygen atoms in total. The smallest absolute Gasteiger partial charge is 0.326 e. The Bertz CT molecular complexity index is 260. The molecule has 0 aliphatic heterocycles. The van der Waals surface area contributed by atoms with Gasteiger partial charge in [0.05, 0.1) is 6.04 Å². The van der Waals surface area contributed by atoms with Crippen molar-refractivity contribution in [1.82, 2.24) is 15.2 Å². The minimum atomic E-state index is -2.87. The third kappa shape index (κ3) is 5.68. The van der Waals surface area contributed by atoms with E-state index in [1.165, 1.54) is 6.33 Å². The van der Waals surface area contributed by atoms with E-state index < -0.39 is 8.25 Å². The third-order valence-corrected chi connectivity index (χ3v) is 1.32. The number of aromatic amines is 1. The lowest BCUT2D eigenvalue weighted by atomic mass is 10.1. The Labute approximate surface area is 81.3 Å². The summed E-state index contributed by atoms with van der Waals surface area (Å²) < 4.78 is 8.70. The molecule has 0 saturated heterocycles. The number of nitrogens with zero attached hydrogens (tertiary/aromatic N) is 2. The van der Waals surface area contributed by atoms with E-state index in [1.807, 2.05) is 6.92 Å². The van der Waals surface area contributed by atoms with Crippen molar-refractivity contribution in [1.29, 1.82) is 0 Å². The quantitative estimate of drug-likeness (QED) is 0.393. The second-order valence-corrected chi connectivity index (χ2v) is 3.01. The average molecular weight is 222 g/mol. The number of aromatic nitrogens is 3. The monoisotopic (exact) mass is 222 g/mol. The molecule has 1 aromatic rings. The highest BCUT2D eigenvalue weighted by Crippen LogP contribution is 2.04. The maximum Gasteiger partial charge on any atom is 0.692 e. The van der Waals surface area contributed by atoms with Gasteiger partial charge in [-0.25, -0.2) is 4.98 Å². The van der Waals surface area contributed by atoms with Crippen LogP contribution < -0.4 is 11.5 Å². The summed E-state index contributed by atoms with van der Waals surface area (Å²) in [4.78, 5) is 18.1. The number of H-pyrrole nitrogens is 1. The minimum Gasteiger partial charge on any atom is -0.326 e. The van der Waals surface area contributed by atoms with E-state index >= 15 is 0 Å². The first-order valence-corrected chi connectivity index (χ1v) is 4.83. The normalized spacial score (nSPS) is 13.8. The van der Waals surface area contributed by atoms with Crippen LogP contribution in [-0.4, -0.2) is 31.0 Å². The number of nitrogens with one attached hydrogen (secondary N) is 1. The van der Waals surface area contributed by atoms with Gasteiger partial charge in [0, 0.05) is 10.6 Å². The van der Waals surface area contributed by atoms with Gasteiger partial charge in [-0.1, -0.05) is 0 Å². The van der Waals surface area contributed by atoms with Crippen molar-refractivity contribution in [3.05, 3.63) is 12.2 Å². The van der Waals surface area contributed by atoms with Crippen LogP contribution in [0.1, 0.15) is 18.8 Å². The number of nitrogens with two attached hydrogens (primary N) is 2. The van der Waals surface area contributed by atoms with Crippen LogP contribution in [-0.2, 0) is 4.57 Å². The molecule has 80 valence electrons. The molecule has 1 aromatic heterocycles. The Morgan fingerprint density at radius 3 is 2.36 bits per heavy atom. The largest absolute Gasteiger partial charge is 0.692 e. The predicted molar refractivity (Wildman–Crippen MR) is 49.0 cm³/mol. The Morgan fingerprint density at radius 2 is 2.07 bits per heavy atom. The molecule has 0 saturated carbocycles. The molecule has 0 radical (unpaired) electrons. The second kappa shape index (κ2) is 6.52. The van der Waals surface area contributed by atoms with Crippen LogP contribution in [0.3, 0.4) is 0 Å². The number of hydrogen-bond donors (Lipinski definition) is 5. The van der Waals surface area contributed by atoms with E-state index in [-0.39, 0.29) is 12.1 Å². The van der Waals surface area contributed by atoms with Gasteiger partial charge >= 0.3 is 8.25 Å². The summed E-state index contributed by atoms with van der Waals surface area (Å²) in [5.74, 6) is 0.634. The lowest BCUT2D eigenvalue weighted by Crippen LogP contribution is -2.31. The van der Waals surface area contributed by atoms with Crippen molar-refractivity contribution in [3.8, 4) is 0 Å². The molecule has 1 rings (SSSR count). The van der Waals surface area contributed by atoms with Gasteiger partial charge in [-0.3, -0.25) is 5.10 Å². The zero-order chi connectivity index (χ0) is 11.1. The summed E-state index contributed by atoms with van der Waals surface area (Å²) >= 11 is 0. The van der Waals surface area contributed by atoms with Crippen molar-refractivity contribution in [2.24, 2.45) is 11.5 Å². The molecule has 1 heterocycles. The maximum absolute atomic E-state index is 8.70. The predicted octanol–water partition coefficient (Wildman–Crippen LogP) is -1.22. The standard InChI is InChI=1S/C5H11N5.HO3P/c1-3(6)4(7)5-8-2-9-10-5;1-4(2)3/h2-4H,6-7H2,1H3,(H,8,9,10);(H-,1,2,3)/p+1. The zero-order valence-electron chi connectivity index (χ0n) is 7.53.